The lowest BCUT2D eigenvalue weighted by molar-refractivity contribution is 0.0413. The summed E-state index contributed by atoms with van der Waals surface area (Å²) in [6, 6.07) is 4.30. The average Bonchev–Trinajstić information content (AvgIpc) is 2.25. The molecule has 0 aliphatic carbocycles. The first-order chi connectivity index (χ1) is 7.99. The second-order valence-electron chi connectivity index (χ2n) is 3.21. The molecule has 0 radical (unpaired) electrons. The van der Waals surface area contributed by atoms with Crippen molar-refractivity contribution in [2.24, 2.45) is 5.73 Å². The van der Waals surface area contributed by atoms with Crippen LogP contribution in [0.4, 0.5) is 4.79 Å². The molecule has 1 rings (SSSR count). The summed E-state index contributed by atoms with van der Waals surface area (Å²) in [5, 5.41) is 19.1. The van der Waals surface area contributed by atoms with Crippen LogP contribution in [0.1, 0.15) is 0 Å². The smallest absolute Gasteiger partial charge is 0.404 e. The molecule has 0 aliphatic rings. The molecule has 1 atom stereocenters. The van der Waals surface area contributed by atoms with E-state index in [9.17, 15) is 15.0 Å². The number of aliphatic hydroxyl groups is 1. The molecule has 0 saturated carbocycles. The SMILES string of the molecule is NC(=O)OCC(O)COc1ccc(Cl)cc1O. The molecule has 0 spiro atoms. The van der Waals surface area contributed by atoms with E-state index in [2.05, 4.69) is 4.74 Å². The molecule has 0 aromatic heterocycles. The summed E-state index contributed by atoms with van der Waals surface area (Å²) in [7, 11) is 0. The van der Waals surface area contributed by atoms with Crippen molar-refractivity contribution < 1.29 is 24.5 Å². The van der Waals surface area contributed by atoms with Crippen LogP contribution in [0.3, 0.4) is 0 Å². The predicted octanol–water partition coefficient (Wildman–Crippen LogP) is 0.881. The van der Waals surface area contributed by atoms with Crippen molar-refractivity contribution >= 4 is 17.7 Å². The Bertz CT molecular complexity index is 398. The summed E-state index contributed by atoms with van der Waals surface area (Å²) in [4.78, 5) is 10.3. The zero-order valence-electron chi connectivity index (χ0n) is 8.80. The summed E-state index contributed by atoms with van der Waals surface area (Å²) < 4.78 is 9.46. The number of carbonyl (C=O) groups excluding carboxylic acids is 1. The van der Waals surface area contributed by atoms with Crippen molar-refractivity contribution in [3.8, 4) is 11.5 Å². The van der Waals surface area contributed by atoms with E-state index in [1.165, 1.54) is 18.2 Å². The van der Waals surface area contributed by atoms with Crippen LogP contribution in [-0.4, -0.2) is 35.6 Å². The van der Waals surface area contributed by atoms with Gasteiger partial charge in [-0.2, -0.15) is 0 Å². The molecule has 1 amide bonds. The Labute approximate surface area is 103 Å². The fourth-order valence-electron chi connectivity index (χ4n) is 1.02. The largest absolute Gasteiger partial charge is 0.504 e. The van der Waals surface area contributed by atoms with Crippen LogP contribution in [-0.2, 0) is 4.74 Å². The highest BCUT2D eigenvalue weighted by atomic mass is 35.5. The van der Waals surface area contributed by atoms with E-state index in [0.717, 1.165) is 0 Å². The van der Waals surface area contributed by atoms with E-state index in [1.54, 1.807) is 0 Å². The topological polar surface area (TPSA) is 102 Å². The molecule has 0 bridgehead atoms. The Balaban J connectivity index is 2.41. The third-order valence-corrected chi connectivity index (χ3v) is 2.01. The lowest BCUT2D eigenvalue weighted by Crippen LogP contribution is -2.27. The Morgan fingerprint density at radius 3 is 2.76 bits per heavy atom. The van der Waals surface area contributed by atoms with Crippen LogP contribution in [0, 0.1) is 0 Å². The Kier molecular flexibility index (Phi) is 4.86. The van der Waals surface area contributed by atoms with Gasteiger partial charge in [-0.25, -0.2) is 4.79 Å². The third-order valence-electron chi connectivity index (χ3n) is 1.77. The highest BCUT2D eigenvalue weighted by Gasteiger charge is 2.09. The maximum atomic E-state index is 10.3. The third kappa shape index (κ3) is 4.80. The fourth-order valence-corrected chi connectivity index (χ4v) is 1.19. The number of hydrogen-bond acceptors (Lipinski definition) is 5. The first-order valence-electron chi connectivity index (χ1n) is 4.70. The van der Waals surface area contributed by atoms with Crippen molar-refractivity contribution in [3.05, 3.63) is 23.2 Å². The second kappa shape index (κ2) is 6.17. The minimum atomic E-state index is -1.03. The lowest BCUT2D eigenvalue weighted by Gasteiger charge is -2.12. The molecule has 7 heteroatoms. The quantitative estimate of drug-likeness (QED) is 0.730. The van der Waals surface area contributed by atoms with Crippen LogP contribution < -0.4 is 10.5 Å². The minimum Gasteiger partial charge on any atom is -0.504 e. The number of rotatable bonds is 5. The highest BCUT2D eigenvalue weighted by Crippen LogP contribution is 2.28. The van der Waals surface area contributed by atoms with Crippen molar-refractivity contribution in [3.63, 3.8) is 0 Å². The molecule has 94 valence electrons. The maximum Gasteiger partial charge on any atom is 0.404 e. The number of aromatic hydroxyl groups is 1. The zero-order chi connectivity index (χ0) is 12.8. The van der Waals surface area contributed by atoms with Crippen molar-refractivity contribution in [1.29, 1.82) is 0 Å². The number of phenols is 1. The number of benzene rings is 1. The molecule has 6 nitrogen and oxygen atoms in total. The molecule has 0 heterocycles. The number of ether oxygens (including phenoxy) is 2. The zero-order valence-corrected chi connectivity index (χ0v) is 9.55. The number of amides is 1. The first kappa shape index (κ1) is 13.4. The molecular formula is C10H12ClNO5. The molecule has 0 aliphatic heterocycles. The summed E-state index contributed by atoms with van der Waals surface area (Å²) in [6.07, 6.45) is -2.00. The molecule has 1 aromatic rings. The van der Waals surface area contributed by atoms with E-state index in [-0.39, 0.29) is 24.7 Å². The standard InChI is InChI=1S/C10H12ClNO5/c11-6-1-2-9(8(14)3-6)16-4-7(13)5-17-10(12)15/h1-3,7,13-14H,4-5H2,(H2,12,15). The number of primary amides is 1. The Hall–Kier alpha value is -1.66. The van der Waals surface area contributed by atoms with Gasteiger partial charge in [0, 0.05) is 11.1 Å². The van der Waals surface area contributed by atoms with Gasteiger partial charge in [0.05, 0.1) is 0 Å². The first-order valence-corrected chi connectivity index (χ1v) is 5.08. The van der Waals surface area contributed by atoms with Gasteiger partial charge in [-0.15, -0.1) is 0 Å². The number of carbonyl (C=O) groups is 1. The van der Waals surface area contributed by atoms with Gasteiger partial charge in [-0.3, -0.25) is 0 Å². The molecule has 0 fully saturated rings. The molecule has 0 saturated heterocycles. The van der Waals surface area contributed by atoms with Crippen molar-refractivity contribution in [2.45, 2.75) is 6.10 Å². The van der Waals surface area contributed by atoms with Gasteiger partial charge in [0.25, 0.3) is 0 Å². The predicted molar refractivity (Wildman–Crippen MR) is 60.2 cm³/mol. The van der Waals surface area contributed by atoms with Crippen LogP contribution in [0.25, 0.3) is 0 Å². The normalized spacial score (nSPS) is 11.9. The maximum absolute atomic E-state index is 10.3. The number of hydrogen-bond donors (Lipinski definition) is 3. The Morgan fingerprint density at radius 2 is 2.18 bits per heavy atom. The second-order valence-corrected chi connectivity index (χ2v) is 3.64. The summed E-state index contributed by atoms with van der Waals surface area (Å²) in [5.41, 5.74) is 4.72. The van der Waals surface area contributed by atoms with Gasteiger partial charge < -0.3 is 25.4 Å². The summed E-state index contributed by atoms with van der Waals surface area (Å²) in [6.45, 7) is -0.424. The van der Waals surface area contributed by atoms with Crippen LogP contribution in [0.2, 0.25) is 5.02 Å². The van der Waals surface area contributed by atoms with Gasteiger partial charge >= 0.3 is 6.09 Å². The lowest BCUT2D eigenvalue weighted by atomic mass is 10.3. The molecule has 4 N–H and O–H groups in total. The molecular weight excluding hydrogens is 250 g/mol. The van der Waals surface area contributed by atoms with Crippen LogP contribution in [0.5, 0.6) is 11.5 Å². The number of phenolic OH excluding ortho intramolecular Hbond substituents is 1. The number of nitrogens with two attached hydrogens (primary N) is 1. The Morgan fingerprint density at radius 1 is 1.47 bits per heavy atom. The van der Waals surface area contributed by atoms with Crippen LogP contribution >= 0.6 is 11.6 Å². The highest BCUT2D eigenvalue weighted by molar-refractivity contribution is 6.30. The van der Waals surface area contributed by atoms with E-state index < -0.39 is 12.2 Å². The van der Waals surface area contributed by atoms with Gasteiger partial charge in [0.15, 0.2) is 11.5 Å². The van der Waals surface area contributed by atoms with E-state index in [1.807, 2.05) is 0 Å². The number of halogens is 1. The number of aliphatic hydroxyl groups excluding tert-OH is 1. The van der Waals surface area contributed by atoms with E-state index in [0.29, 0.717) is 5.02 Å². The summed E-state index contributed by atoms with van der Waals surface area (Å²) >= 11 is 5.63. The average molecular weight is 262 g/mol. The summed E-state index contributed by atoms with van der Waals surface area (Å²) in [5.74, 6) is 0.0352. The van der Waals surface area contributed by atoms with Crippen LogP contribution in [0.15, 0.2) is 18.2 Å². The monoisotopic (exact) mass is 261 g/mol. The van der Waals surface area contributed by atoms with E-state index in [4.69, 9.17) is 22.1 Å². The van der Waals surface area contributed by atoms with Gasteiger partial charge in [-0.1, -0.05) is 11.6 Å². The molecule has 1 unspecified atom stereocenters. The fraction of sp³-hybridized carbons (Fsp3) is 0.300. The van der Waals surface area contributed by atoms with Gasteiger partial charge in [-0.05, 0) is 12.1 Å². The van der Waals surface area contributed by atoms with E-state index >= 15 is 0 Å². The molecule has 17 heavy (non-hydrogen) atoms. The minimum absolute atomic E-state index is 0.138. The van der Waals surface area contributed by atoms with Gasteiger partial charge in [0.2, 0.25) is 0 Å². The molecule has 1 aromatic carbocycles. The van der Waals surface area contributed by atoms with Gasteiger partial charge in [0.1, 0.15) is 19.3 Å². The van der Waals surface area contributed by atoms with Crippen molar-refractivity contribution in [1.82, 2.24) is 0 Å². The van der Waals surface area contributed by atoms with Crippen molar-refractivity contribution in [2.75, 3.05) is 13.2 Å².